The van der Waals surface area contributed by atoms with E-state index < -0.39 is 11.6 Å². The number of aliphatic hydroxyl groups excluding tert-OH is 3. The van der Waals surface area contributed by atoms with Crippen LogP contribution in [0.5, 0.6) is 0 Å². The van der Waals surface area contributed by atoms with Crippen LogP contribution in [0.4, 0.5) is 0 Å². The van der Waals surface area contributed by atoms with E-state index >= 15 is 0 Å². The second-order valence-electron chi connectivity index (χ2n) is 6.66. The molecule has 0 amide bonds. The molecule has 1 rings (SSSR count). The van der Waals surface area contributed by atoms with Crippen molar-refractivity contribution in [3.63, 3.8) is 0 Å². The Hall–Kier alpha value is -0.650. The first-order valence-corrected chi connectivity index (χ1v) is 8.82. The predicted molar refractivity (Wildman–Crippen MR) is 101 cm³/mol. The Balaban J connectivity index is 0.00000529. The van der Waals surface area contributed by atoms with Gasteiger partial charge in [0.05, 0.1) is 24.9 Å². The van der Waals surface area contributed by atoms with Crippen LogP contribution in [-0.4, -0.2) is 34.1 Å². The Bertz CT molecular complexity index is 421. The minimum Gasteiger partial charge on any atom is -0.394 e. The van der Waals surface area contributed by atoms with E-state index in [0.717, 1.165) is 12.0 Å². The zero-order chi connectivity index (χ0) is 17.1. The number of rotatable bonds is 12. The molecule has 5 heteroatoms. The van der Waals surface area contributed by atoms with Gasteiger partial charge in [-0.1, -0.05) is 63.3 Å². The lowest BCUT2D eigenvalue weighted by molar-refractivity contribution is 0.0618. The number of hydrogen-bond donors (Lipinski definition) is 4. The van der Waals surface area contributed by atoms with Gasteiger partial charge in [-0.3, -0.25) is 0 Å². The Morgan fingerprint density at radius 2 is 1.50 bits per heavy atom. The molecule has 0 aromatic heterocycles. The van der Waals surface area contributed by atoms with E-state index in [4.69, 9.17) is 5.73 Å². The zero-order valence-corrected chi connectivity index (χ0v) is 15.6. The second-order valence-corrected chi connectivity index (χ2v) is 6.66. The van der Waals surface area contributed by atoms with Gasteiger partial charge in [-0.25, -0.2) is 0 Å². The van der Waals surface area contributed by atoms with Gasteiger partial charge in [0.2, 0.25) is 0 Å². The number of benzene rings is 1. The summed E-state index contributed by atoms with van der Waals surface area (Å²) in [6, 6.07) is 7.90. The highest BCUT2D eigenvalue weighted by atomic mass is 35.5. The predicted octanol–water partition coefficient (Wildman–Crippen LogP) is 3.12. The fourth-order valence-electron chi connectivity index (χ4n) is 2.70. The number of aryl methyl sites for hydroxylation is 1. The number of nitrogens with two attached hydrogens (primary N) is 1. The molecule has 1 atom stereocenters. The standard InChI is InChI=1S/C19H33NO3.ClH/c1-2-3-4-5-6-7-8-16-9-11-17(12-10-16)18(23)13-19(20,14-21)15-22;/h9-12,18,21-23H,2-8,13-15,20H2,1H3;1H. The molecule has 0 spiro atoms. The molecule has 0 bridgehead atoms. The van der Waals surface area contributed by atoms with Crippen molar-refractivity contribution in [2.24, 2.45) is 5.73 Å². The third kappa shape index (κ3) is 8.45. The number of aliphatic hydroxyl groups is 3. The van der Waals surface area contributed by atoms with Crippen LogP contribution in [0.3, 0.4) is 0 Å². The molecule has 1 unspecified atom stereocenters. The molecule has 0 aliphatic heterocycles. The average Bonchev–Trinajstić information content (AvgIpc) is 2.58. The number of hydrogen-bond acceptors (Lipinski definition) is 4. The van der Waals surface area contributed by atoms with E-state index in [9.17, 15) is 15.3 Å². The normalized spacial score (nSPS) is 12.7. The fraction of sp³-hybridized carbons (Fsp3) is 0.684. The number of halogens is 1. The molecular formula is C19H34ClNO3. The smallest absolute Gasteiger partial charge is 0.0809 e. The van der Waals surface area contributed by atoms with E-state index in [2.05, 4.69) is 6.92 Å². The van der Waals surface area contributed by atoms with Crippen LogP contribution in [0, 0.1) is 0 Å². The Kier molecular flexibility index (Phi) is 12.3. The van der Waals surface area contributed by atoms with Crippen molar-refractivity contribution in [3.05, 3.63) is 35.4 Å². The lowest BCUT2D eigenvalue weighted by Gasteiger charge is -2.27. The molecule has 0 fully saturated rings. The van der Waals surface area contributed by atoms with Crippen molar-refractivity contribution in [2.45, 2.75) is 69.9 Å². The van der Waals surface area contributed by atoms with Gasteiger partial charge in [-0.05, 0) is 30.4 Å². The van der Waals surface area contributed by atoms with Crippen molar-refractivity contribution < 1.29 is 15.3 Å². The third-order valence-corrected chi connectivity index (χ3v) is 4.41. The summed E-state index contributed by atoms with van der Waals surface area (Å²) >= 11 is 0. The lowest BCUT2D eigenvalue weighted by atomic mass is 9.91. The van der Waals surface area contributed by atoms with Crippen LogP contribution < -0.4 is 5.73 Å². The molecule has 140 valence electrons. The number of unbranched alkanes of at least 4 members (excludes halogenated alkanes) is 5. The van der Waals surface area contributed by atoms with Crippen molar-refractivity contribution in [2.75, 3.05) is 13.2 Å². The van der Waals surface area contributed by atoms with Crippen molar-refractivity contribution in [1.29, 1.82) is 0 Å². The molecule has 5 N–H and O–H groups in total. The summed E-state index contributed by atoms with van der Waals surface area (Å²) in [7, 11) is 0. The highest BCUT2D eigenvalue weighted by Gasteiger charge is 2.27. The monoisotopic (exact) mass is 359 g/mol. The Morgan fingerprint density at radius 1 is 0.958 bits per heavy atom. The van der Waals surface area contributed by atoms with E-state index in [-0.39, 0.29) is 32.0 Å². The minimum absolute atomic E-state index is 0. The minimum atomic E-state index is -1.14. The lowest BCUT2D eigenvalue weighted by Crippen LogP contribution is -2.48. The van der Waals surface area contributed by atoms with Crippen LogP contribution in [-0.2, 0) is 6.42 Å². The molecule has 24 heavy (non-hydrogen) atoms. The quantitative estimate of drug-likeness (QED) is 0.432. The summed E-state index contributed by atoms with van der Waals surface area (Å²) in [5.41, 5.74) is 6.73. The SMILES string of the molecule is CCCCCCCCc1ccc(C(O)CC(N)(CO)CO)cc1.Cl. The first-order chi connectivity index (χ1) is 11.0. The van der Waals surface area contributed by atoms with Gasteiger partial charge in [-0.2, -0.15) is 0 Å². The first kappa shape index (κ1) is 23.4. The maximum Gasteiger partial charge on any atom is 0.0809 e. The summed E-state index contributed by atoms with van der Waals surface area (Å²) in [5, 5.41) is 28.6. The van der Waals surface area contributed by atoms with Gasteiger partial charge >= 0.3 is 0 Å². The third-order valence-electron chi connectivity index (χ3n) is 4.41. The van der Waals surface area contributed by atoms with E-state index in [1.54, 1.807) is 0 Å². The maximum atomic E-state index is 10.2. The fourth-order valence-corrected chi connectivity index (χ4v) is 2.70. The van der Waals surface area contributed by atoms with E-state index in [1.807, 2.05) is 24.3 Å². The van der Waals surface area contributed by atoms with Gasteiger partial charge in [0, 0.05) is 0 Å². The van der Waals surface area contributed by atoms with Crippen LogP contribution in [0.25, 0.3) is 0 Å². The molecule has 0 aliphatic rings. The van der Waals surface area contributed by atoms with Gasteiger partial charge in [0.25, 0.3) is 0 Å². The molecule has 0 saturated heterocycles. The first-order valence-electron chi connectivity index (χ1n) is 8.82. The van der Waals surface area contributed by atoms with Gasteiger partial charge in [0.15, 0.2) is 0 Å². The van der Waals surface area contributed by atoms with E-state index in [0.29, 0.717) is 0 Å². The van der Waals surface area contributed by atoms with E-state index in [1.165, 1.54) is 44.1 Å². The molecule has 4 nitrogen and oxygen atoms in total. The molecule has 0 aliphatic carbocycles. The largest absolute Gasteiger partial charge is 0.394 e. The molecular weight excluding hydrogens is 326 g/mol. The van der Waals surface area contributed by atoms with Crippen molar-refractivity contribution >= 4 is 12.4 Å². The summed E-state index contributed by atoms with van der Waals surface area (Å²) < 4.78 is 0. The molecule has 0 radical (unpaired) electrons. The van der Waals surface area contributed by atoms with Crippen LogP contribution >= 0.6 is 12.4 Å². The van der Waals surface area contributed by atoms with Crippen molar-refractivity contribution in [1.82, 2.24) is 0 Å². The Labute approximate surface area is 152 Å². The zero-order valence-electron chi connectivity index (χ0n) is 14.8. The average molecular weight is 360 g/mol. The molecule has 1 aromatic rings. The van der Waals surface area contributed by atoms with Crippen LogP contribution in [0.15, 0.2) is 24.3 Å². The summed E-state index contributed by atoms with van der Waals surface area (Å²) in [4.78, 5) is 0. The summed E-state index contributed by atoms with van der Waals surface area (Å²) in [6.45, 7) is 1.53. The highest BCUT2D eigenvalue weighted by molar-refractivity contribution is 5.85. The summed E-state index contributed by atoms with van der Waals surface area (Å²) in [5.74, 6) is 0. The molecule has 0 saturated carbocycles. The van der Waals surface area contributed by atoms with Gasteiger partial charge in [-0.15, -0.1) is 12.4 Å². The van der Waals surface area contributed by atoms with Crippen LogP contribution in [0.1, 0.15) is 69.1 Å². The second kappa shape index (κ2) is 12.7. The molecule has 0 heterocycles. The highest BCUT2D eigenvalue weighted by Crippen LogP contribution is 2.23. The maximum absolute atomic E-state index is 10.2. The topological polar surface area (TPSA) is 86.7 Å². The van der Waals surface area contributed by atoms with Crippen LogP contribution in [0.2, 0.25) is 0 Å². The Morgan fingerprint density at radius 3 is 2.04 bits per heavy atom. The van der Waals surface area contributed by atoms with Gasteiger partial charge < -0.3 is 21.1 Å². The molecule has 1 aromatic carbocycles. The van der Waals surface area contributed by atoms with Crippen molar-refractivity contribution in [3.8, 4) is 0 Å². The summed E-state index contributed by atoms with van der Waals surface area (Å²) in [6.07, 6.45) is 8.15. The van der Waals surface area contributed by atoms with Gasteiger partial charge in [0.1, 0.15) is 0 Å².